The molecule has 0 heterocycles. The summed E-state index contributed by atoms with van der Waals surface area (Å²) in [5, 5.41) is 5.60. The minimum atomic E-state index is -0.497. The first-order chi connectivity index (χ1) is 7.55. The first kappa shape index (κ1) is 15.9. The molecule has 0 aromatic carbocycles. The fourth-order valence-corrected chi connectivity index (χ4v) is 0.995. The molecule has 2 amide bonds. The second kappa shape index (κ2) is 6.03. The van der Waals surface area contributed by atoms with Crippen molar-refractivity contribution in [3.05, 3.63) is 0 Å². The first-order valence-corrected chi connectivity index (χ1v) is 6.17. The summed E-state index contributed by atoms with van der Waals surface area (Å²) in [6.07, 6.45) is 0. The Morgan fingerprint density at radius 2 is 1.41 bits per heavy atom. The lowest BCUT2D eigenvalue weighted by molar-refractivity contribution is -0.133. The summed E-state index contributed by atoms with van der Waals surface area (Å²) in [6, 6.07) is -0.389. The zero-order valence-electron chi connectivity index (χ0n) is 12.0. The molecule has 0 radical (unpaired) electrons. The van der Waals surface area contributed by atoms with Crippen molar-refractivity contribution in [1.29, 1.82) is 0 Å². The van der Waals surface area contributed by atoms with E-state index in [9.17, 15) is 9.59 Å². The van der Waals surface area contributed by atoms with Crippen molar-refractivity contribution in [2.24, 2.45) is 11.3 Å². The van der Waals surface area contributed by atoms with Crippen LogP contribution in [0, 0.1) is 11.3 Å². The highest BCUT2D eigenvalue weighted by Crippen LogP contribution is 2.12. The maximum Gasteiger partial charge on any atom is 0.242 e. The zero-order chi connectivity index (χ0) is 13.8. The predicted octanol–water partition coefficient (Wildman–Crippen LogP) is 1.70. The van der Waals surface area contributed by atoms with Gasteiger partial charge in [-0.05, 0) is 19.8 Å². The van der Waals surface area contributed by atoms with Gasteiger partial charge in [-0.1, -0.05) is 34.6 Å². The van der Waals surface area contributed by atoms with Crippen molar-refractivity contribution in [3.8, 4) is 0 Å². The van der Waals surface area contributed by atoms with Gasteiger partial charge in [-0.25, -0.2) is 0 Å². The number of rotatable bonds is 4. The molecule has 2 atom stereocenters. The van der Waals surface area contributed by atoms with Gasteiger partial charge < -0.3 is 10.6 Å². The third kappa shape index (κ3) is 5.71. The Hall–Kier alpha value is -1.06. The smallest absolute Gasteiger partial charge is 0.242 e. The van der Waals surface area contributed by atoms with Gasteiger partial charge in [0.2, 0.25) is 11.8 Å². The van der Waals surface area contributed by atoms with Crippen LogP contribution in [0.4, 0.5) is 0 Å². The van der Waals surface area contributed by atoms with E-state index in [2.05, 4.69) is 10.6 Å². The molecule has 0 aromatic rings. The SMILES string of the molecule is CC(C)[C@@H](C)NC(=O)[C@H](C)NC(=O)C(C)(C)C. The van der Waals surface area contributed by atoms with Crippen molar-refractivity contribution in [1.82, 2.24) is 10.6 Å². The van der Waals surface area contributed by atoms with E-state index in [1.54, 1.807) is 6.92 Å². The number of carbonyl (C=O) groups is 2. The Morgan fingerprint density at radius 3 is 1.76 bits per heavy atom. The highest BCUT2D eigenvalue weighted by Gasteiger charge is 2.25. The molecule has 4 nitrogen and oxygen atoms in total. The fraction of sp³-hybridized carbons (Fsp3) is 0.846. The summed E-state index contributed by atoms with van der Waals surface area (Å²) in [6.45, 7) is 13.2. The van der Waals surface area contributed by atoms with Crippen LogP contribution < -0.4 is 10.6 Å². The molecule has 0 saturated heterocycles. The van der Waals surface area contributed by atoms with Crippen LogP contribution in [-0.2, 0) is 9.59 Å². The van der Waals surface area contributed by atoms with Gasteiger partial charge in [0.1, 0.15) is 6.04 Å². The Bertz CT molecular complexity index is 280. The number of hydrogen-bond donors (Lipinski definition) is 2. The highest BCUT2D eigenvalue weighted by molar-refractivity contribution is 5.89. The van der Waals surface area contributed by atoms with Crippen molar-refractivity contribution in [2.75, 3.05) is 0 Å². The summed E-state index contributed by atoms with van der Waals surface area (Å²) < 4.78 is 0. The second-order valence-corrected chi connectivity index (χ2v) is 5.99. The molecule has 0 aliphatic heterocycles. The molecule has 4 heteroatoms. The number of carbonyl (C=O) groups excluding carboxylic acids is 2. The average Bonchev–Trinajstić information content (AvgIpc) is 2.15. The minimum Gasteiger partial charge on any atom is -0.352 e. The monoisotopic (exact) mass is 242 g/mol. The van der Waals surface area contributed by atoms with Gasteiger partial charge in [-0.2, -0.15) is 0 Å². The molecule has 0 unspecified atom stereocenters. The fourth-order valence-electron chi connectivity index (χ4n) is 0.995. The molecule has 0 fully saturated rings. The minimum absolute atomic E-state index is 0.108. The largest absolute Gasteiger partial charge is 0.352 e. The van der Waals surface area contributed by atoms with Crippen molar-refractivity contribution < 1.29 is 9.59 Å². The predicted molar refractivity (Wildman–Crippen MR) is 69.5 cm³/mol. The third-order valence-electron chi connectivity index (χ3n) is 2.79. The van der Waals surface area contributed by atoms with Crippen molar-refractivity contribution in [3.63, 3.8) is 0 Å². The maximum absolute atomic E-state index is 11.8. The van der Waals surface area contributed by atoms with Crippen molar-refractivity contribution in [2.45, 2.75) is 60.5 Å². The maximum atomic E-state index is 11.8. The van der Waals surface area contributed by atoms with Gasteiger partial charge in [0.15, 0.2) is 0 Å². The van der Waals surface area contributed by atoms with Gasteiger partial charge in [0, 0.05) is 11.5 Å². The van der Waals surface area contributed by atoms with Gasteiger partial charge in [-0.3, -0.25) is 9.59 Å². The summed E-state index contributed by atoms with van der Waals surface area (Å²) in [7, 11) is 0. The second-order valence-electron chi connectivity index (χ2n) is 5.99. The third-order valence-corrected chi connectivity index (χ3v) is 2.79. The van der Waals surface area contributed by atoms with E-state index in [0.29, 0.717) is 5.92 Å². The highest BCUT2D eigenvalue weighted by atomic mass is 16.2. The van der Waals surface area contributed by atoms with Gasteiger partial charge >= 0.3 is 0 Å². The quantitative estimate of drug-likeness (QED) is 0.788. The summed E-state index contributed by atoms with van der Waals surface area (Å²) >= 11 is 0. The van der Waals surface area contributed by atoms with Crippen LogP contribution in [0.3, 0.4) is 0 Å². The topological polar surface area (TPSA) is 58.2 Å². The van der Waals surface area contributed by atoms with Crippen LogP contribution >= 0.6 is 0 Å². The van der Waals surface area contributed by atoms with E-state index in [4.69, 9.17) is 0 Å². The first-order valence-electron chi connectivity index (χ1n) is 6.17. The standard InChI is InChI=1S/C13H26N2O2/c1-8(2)9(3)14-11(16)10(4)15-12(17)13(5,6)7/h8-10H,1-7H3,(H,14,16)(H,15,17)/t9-,10+/m1/s1. The summed E-state index contributed by atoms with van der Waals surface area (Å²) in [5.41, 5.74) is -0.474. The average molecular weight is 242 g/mol. The molecular weight excluding hydrogens is 216 g/mol. The van der Waals surface area contributed by atoms with Crippen molar-refractivity contribution >= 4 is 11.8 Å². The summed E-state index contributed by atoms with van der Waals surface area (Å²) in [5.74, 6) is 0.130. The van der Waals surface area contributed by atoms with E-state index in [1.165, 1.54) is 0 Å². The molecule has 17 heavy (non-hydrogen) atoms. The van der Waals surface area contributed by atoms with Gasteiger partial charge in [-0.15, -0.1) is 0 Å². The van der Waals surface area contributed by atoms with Crippen LogP contribution in [0.15, 0.2) is 0 Å². The van der Waals surface area contributed by atoms with Crippen LogP contribution in [0.1, 0.15) is 48.5 Å². The molecule has 0 bridgehead atoms. The lowest BCUT2D eigenvalue weighted by Crippen LogP contribution is -2.50. The number of amides is 2. The van der Waals surface area contributed by atoms with Gasteiger partial charge in [0.05, 0.1) is 0 Å². The molecule has 100 valence electrons. The normalized spacial score (nSPS) is 15.3. The van der Waals surface area contributed by atoms with E-state index >= 15 is 0 Å². The van der Waals surface area contributed by atoms with Crippen LogP contribution in [-0.4, -0.2) is 23.9 Å². The van der Waals surface area contributed by atoms with Crippen LogP contribution in [0.25, 0.3) is 0 Å². The Balaban J connectivity index is 4.29. The Labute approximate surface area is 105 Å². The zero-order valence-corrected chi connectivity index (χ0v) is 12.0. The number of nitrogens with one attached hydrogen (secondary N) is 2. The molecule has 0 aliphatic carbocycles. The molecule has 0 rings (SSSR count). The van der Waals surface area contributed by atoms with Crippen LogP contribution in [0.5, 0.6) is 0 Å². The van der Waals surface area contributed by atoms with Crippen LogP contribution in [0.2, 0.25) is 0 Å². The van der Waals surface area contributed by atoms with E-state index in [0.717, 1.165) is 0 Å². The molecule has 2 N–H and O–H groups in total. The molecule has 0 aliphatic rings. The van der Waals surface area contributed by atoms with E-state index < -0.39 is 11.5 Å². The molecular formula is C13H26N2O2. The van der Waals surface area contributed by atoms with E-state index in [-0.39, 0.29) is 17.9 Å². The Kier molecular flexibility index (Phi) is 5.66. The Morgan fingerprint density at radius 1 is 0.941 bits per heavy atom. The lowest BCUT2D eigenvalue weighted by Gasteiger charge is -2.24. The van der Waals surface area contributed by atoms with Gasteiger partial charge in [0.25, 0.3) is 0 Å². The number of hydrogen-bond acceptors (Lipinski definition) is 2. The molecule has 0 saturated carbocycles. The molecule has 0 spiro atoms. The lowest BCUT2D eigenvalue weighted by atomic mass is 9.95. The summed E-state index contributed by atoms with van der Waals surface area (Å²) in [4.78, 5) is 23.5. The van der Waals surface area contributed by atoms with E-state index in [1.807, 2.05) is 41.5 Å². The molecule has 0 aromatic heterocycles.